The van der Waals surface area contributed by atoms with Crippen LogP contribution in [0, 0.1) is 0 Å². The lowest BCUT2D eigenvalue weighted by atomic mass is 9.94. The SMILES string of the molecule is C.CC(C)=CCC/C(C)=C/CNCCCC(c1ccccn1)c1ccccn1.CC(C)=CCC/C(C)=C/CNCCN.O=C(c1ccccn1)c1ccccn1. The Morgan fingerprint density at radius 3 is 1.41 bits per heavy atom. The summed E-state index contributed by atoms with van der Waals surface area (Å²) < 4.78 is 0. The Labute approximate surface area is 339 Å². The van der Waals surface area contributed by atoms with E-state index in [1.54, 1.807) is 48.8 Å². The highest BCUT2D eigenvalue weighted by molar-refractivity contribution is 6.06. The van der Waals surface area contributed by atoms with Crippen molar-refractivity contribution in [2.45, 2.75) is 93.4 Å². The topological polar surface area (TPSA) is 119 Å². The summed E-state index contributed by atoms with van der Waals surface area (Å²) in [6.45, 7) is 17.5. The van der Waals surface area contributed by atoms with Crippen LogP contribution in [0.5, 0.6) is 0 Å². The van der Waals surface area contributed by atoms with Crippen LogP contribution in [-0.2, 0) is 0 Å². The van der Waals surface area contributed by atoms with E-state index < -0.39 is 0 Å². The summed E-state index contributed by atoms with van der Waals surface area (Å²) in [5.74, 6) is 0.113. The minimum absolute atomic E-state index is 0. The lowest BCUT2D eigenvalue weighted by Crippen LogP contribution is -2.22. The summed E-state index contributed by atoms with van der Waals surface area (Å²) in [6, 6.07) is 22.7. The molecule has 0 spiro atoms. The monoisotopic (exact) mass is 760 g/mol. The fourth-order valence-electron chi connectivity index (χ4n) is 5.35. The molecule has 8 nitrogen and oxygen atoms in total. The third-order valence-electron chi connectivity index (χ3n) is 8.42. The van der Waals surface area contributed by atoms with Crippen LogP contribution in [0.4, 0.5) is 0 Å². The number of nitrogens with one attached hydrogen (secondary N) is 2. The minimum atomic E-state index is -0.147. The fraction of sp³-hybridized carbons (Fsp3) is 0.396. The zero-order chi connectivity index (χ0) is 39.9. The molecule has 302 valence electrons. The molecule has 0 aromatic carbocycles. The van der Waals surface area contributed by atoms with Crippen molar-refractivity contribution in [3.8, 4) is 0 Å². The average Bonchev–Trinajstić information content (AvgIpc) is 3.20. The number of pyridine rings is 4. The average molecular weight is 760 g/mol. The molecule has 4 heterocycles. The van der Waals surface area contributed by atoms with Crippen LogP contribution >= 0.6 is 0 Å². The molecule has 0 aliphatic carbocycles. The smallest absolute Gasteiger partial charge is 0.229 e. The lowest BCUT2D eigenvalue weighted by molar-refractivity contribution is 0.102. The number of carbonyl (C=O) groups excluding carboxylic acids is 1. The number of carbonyl (C=O) groups is 1. The second kappa shape index (κ2) is 31.3. The molecule has 0 radical (unpaired) electrons. The molecule has 0 aliphatic rings. The van der Waals surface area contributed by atoms with Gasteiger partial charge in [-0.05, 0) is 135 Å². The highest BCUT2D eigenvalue weighted by Gasteiger charge is 2.16. The van der Waals surface area contributed by atoms with Gasteiger partial charge in [-0.1, -0.05) is 78.3 Å². The summed E-state index contributed by atoms with van der Waals surface area (Å²) in [4.78, 5) is 28.8. The van der Waals surface area contributed by atoms with Gasteiger partial charge < -0.3 is 16.4 Å². The van der Waals surface area contributed by atoms with Gasteiger partial charge >= 0.3 is 0 Å². The molecule has 56 heavy (non-hydrogen) atoms. The van der Waals surface area contributed by atoms with Crippen molar-refractivity contribution >= 4 is 5.78 Å². The maximum atomic E-state index is 11.7. The van der Waals surface area contributed by atoms with Gasteiger partial charge in [-0.15, -0.1) is 0 Å². The standard InChI is InChI=1S/C24H33N3.C12H24N2.C11H8N2O.CH4/c1-20(2)10-8-11-21(3)15-19-25-16-9-12-22(23-13-4-6-17-26-23)24-14-5-7-18-27-24;1-11(2)5-4-6-12(3)7-9-14-10-8-13;14-11(9-5-1-3-7-12-9)10-6-2-4-8-13-10;/h4-7,10,13-15,17-18,22,25H,8-9,11-12,16,19H2,1-3H3;5,7,14H,4,6,8-10,13H2,1-3H3;1-8H;1H4/b21-15+;12-7+;;. The van der Waals surface area contributed by atoms with Crippen LogP contribution in [-0.4, -0.2) is 58.4 Å². The molecular formula is C48H69N7O. The first kappa shape index (κ1) is 49.1. The molecule has 4 N–H and O–H groups in total. The number of nitrogens with two attached hydrogens (primary N) is 1. The highest BCUT2D eigenvalue weighted by Crippen LogP contribution is 2.25. The number of nitrogens with zero attached hydrogens (tertiary/aromatic N) is 4. The molecule has 0 atom stereocenters. The molecular weight excluding hydrogens is 691 g/mol. The number of allylic oxidation sites excluding steroid dienone is 6. The van der Waals surface area contributed by atoms with E-state index in [0.29, 0.717) is 17.9 Å². The Kier molecular flexibility index (Phi) is 27.5. The second-order valence-corrected chi connectivity index (χ2v) is 13.9. The van der Waals surface area contributed by atoms with E-state index in [4.69, 9.17) is 5.73 Å². The summed E-state index contributed by atoms with van der Waals surface area (Å²) in [5.41, 5.74) is 14.1. The van der Waals surface area contributed by atoms with Crippen LogP contribution in [0.15, 0.2) is 144 Å². The first-order valence-electron chi connectivity index (χ1n) is 19.6. The summed E-state index contributed by atoms with van der Waals surface area (Å²) in [7, 11) is 0. The Balaban J connectivity index is 0.000000457. The van der Waals surface area contributed by atoms with Crippen molar-refractivity contribution in [3.05, 3.63) is 167 Å². The first-order chi connectivity index (χ1) is 26.7. The first-order valence-corrected chi connectivity index (χ1v) is 19.6. The molecule has 0 saturated heterocycles. The van der Waals surface area contributed by atoms with E-state index in [-0.39, 0.29) is 19.1 Å². The molecule has 0 bridgehead atoms. The third kappa shape index (κ3) is 23.1. The van der Waals surface area contributed by atoms with Gasteiger partial charge in [-0.2, -0.15) is 0 Å². The fourth-order valence-corrected chi connectivity index (χ4v) is 5.35. The number of hydrogen-bond acceptors (Lipinski definition) is 8. The molecule has 4 rings (SSSR count). The quantitative estimate of drug-likeness (QED) is 0.0463. The van der Waals surface area contributed by atoms with Crippen LogP contribution in [0.25, 0.3) is 0 Å². The van der Waals surface area contributed by atoms with E-state index in [0.717, 1.165) is 76.1 Å². The molecule has 0 fully saturated rings. The van der Waals surface area contributed by atoms with Crippen molar-refractivity contribution in [2.75, 3.05) is 32.7 Å². The van der Waals surface area contributed by atoms with Crippen molar-refractivity contribution in [1.82, 2.24) is 30.6 Å². The van der Waals surface area contributed by atoms with Crippen LogP contribution in [0.1, 0.15) is 121 Å². The number of aromatic nitrogens is 4. The molecule has 0 amide bonds. The predicted octanol–water partition coefficient (Wildman–Crippen LogP) is 10.2. The largest absolute Gasteiger partial charge is 0.329 e. The third-order valence-corrected chi connectivity index (χ3v) is 8.42. The van der Waals surface area contributed by atoms with Crippen LogP contribution < -0.4 is 16.4 Å². The molecule has 8 heteroatoms. The van der Waals surface area contributed by atoms with Gasteiger partial charge in [0.25, 0.3) is 0 Å². The molecule has 0 aliphatic heterocycles. The van der Waals surface area contributed by atoms with E-state index in [1.165, 1.54) is 22.3 Å². The van der Waals surface area contributed by atoms with Crippen molar-refractivity contribution in [1.29, 1.82) is 0 Å². The summed E-state index contributed by atoms with van der Waals surface area (Å²) in [5, 5.41) is 6.79. The second-order valence-electron chi connectivity index (χ2n) is 13.9. The van der Waals surface area contributed by atoms with E-state index in [2.05, 4.69) is 121 Å². The highest BCUT2D eigenvalue weighted by atomic mass is 16.1. The molecule has 0 unspecified atom stereocenters. The summed E-state index contributed by atoms with van der Waals surface area (Å²) >= 11 is 0. The number of hydrogen-bond donors (Lipinski definition) is 3. The Bertz CT molecular complexity index is 1610. The lowest BCUT2D eigenvalue weighted by Gasteiger charge is -2.16. The van der Waals surface area contributed by atoms with Gasteiger partial charge in [0.1, 0.15) is 11.4 Å². The van der Waals surface area contributed by atoms with E-state index in [9.17, 15) is 4.79 Å². The van der Waals surface area contributed by atoms with Gasteiger partial charge in [0.15, 0.2) is 0 Å². The molecule has 0 saturated carbocycles. The van der Waals surface area contributed by atoms with Gasteiger partial charge in [-0.25, -0.2) is 0 Å². The van der Waals surface area contributed by atoms with Crippen molar-refractivity contribution < 1.29 is 4.79 Å². The minimum Gasteiger partial charge on any atom is -0.329 e. The van der Waals surface area contributed by atoms with Gasteiger partial charge in [0, 0.05) is 68.3 Å². The Morgan fingerprint density at radius 2 is 1.04 bits per heavy atom. The van der Waals surface area contributed by atoms with Crippen LogP contribution in [0.3, 0.4) is 0 Å². The zero-order valence-corrected chi connectivity index (χ0v) is 34.2. The van der Waals surface area contributed by atoms with Crippen molar-refractivity contribution in [3.63, 3.8) is 0 Å². The van der Waals surface area contributed by atoms with Gasteiger partial charge in [0.05, 0.1) is 0 Å². The van der Waals surface area contributed by atoms with Gasteiger partial charge in [0.2, 0.25) is 5.78 Å². The van der Waals surface area contributed by atoms with E-state index >= 15 is 0 Å². The summed E-state index contributed by atoms with van der Waals surface area (Å²) in [6.07, 6.45) is 22.8. The van der Waals surface area contributed by atoms with Crippen LogP contribution in [0.2, 0.25) is 0 Å². The molecule has 4 aromatic rings. The van der Waals surface area contributed by atoms with E-state index in [1.807, 2.05) is 24.5 Å². The Morgan fingerprint density at radius 1 is 0.607 bits per heavy atom. The number of ketones is 1. The maximum absolute atomic E-state index is 11.7. The normalized spacial score (nSPS) is 10.9. The number of rotatable bonds is 20. The maximum Gasteiger partial charge on any atom is 0.229 e. The van der Waals surface area contributed by atoms with Crippen molar-refractivity contribution in [2.24, 2.45) is 5.73 Å². The zero-order valence-electron chi connectivity index (χ0n) is 34.2. The Hall–Kier alpha value is -4.89. The van der Waals surface area contributed by atoms with Gasteiger partial charge in [-0.3, -0.25) is 24.7 Å². The molecule has 4 aromatic heterocycles. The predicted molar refractivity (Wildman–Crippen MR) is 238 cm³/mol.